The van der Waals surface area contributed by atoms with Gasteiger partial charge in [0.1, 0.15) is 29.9 Å². The molecule has 10 heteroatoms. The molecule has 9 nitrogen and oxygen atoms in total. The fraction of sp³-hybridized carbons (Fsp3) is 0.333. The molecule has 0 radical (unpaired) electrons. The molecule has 4 aromatic rings. The monoisotopic (exact) mass is 582 g/mol. The lowest BCUT2D eigenvalue weighted by Gasteiger charge is -2.28. The number of carbonyl (C=O) groups excluding carboxylic acids is 3. The lowest BCUT2D eigenvalue weighted by atomic mass is 10.0. The van der Waals surface area contributed by atoms with E-state index < -0.39 is 17.8 Å². The molecule has 1 N–H and O–H groups in total. The zero-order valence-corrected chi connectivity index (χ0v) is 25.0. The van der Waals surface area contributed by atoms with Crippen molar-refractivity contribution >= 4 is 34.1 Å². The van der Waals surface area contributed by atoms with Gasteiger partial charge in [0.05, 0.1) is 12.1 Å². The van der Waals surface area contributed by atoms with Crippen molar-refractivity contribution in [1.29, 1.82) is 0 Å². The van der Waals surface area contributed by atoms with E-state index in [1.165, 1.54) is 11.6 Å². The average Bonchev–Trinajstić information content (AvgIpc) is 3.52. The second kappa shape index (κ2) is 12.2. The molecule has 222 valence electrons. The number of ketones is 1. The molecule has 3 atom stereocenters. The molecular formula is C33H35FN6O3. The van der Waals surface area contributed by atoms with Crippen molar-refractivity contribution in [2.24, 2.45) is 5.92 Å². The Morgan fingerprint density at radius 1 is 1.00 bits per heavy atom. The van der Waals surface area contributed by atoms with E-state index in [4.69, 9.17) is 0 Å². The molecule has 0 unspecified atom stereocenters. The number of aromatic nitrogens is 4. The molecule has 1 fully saturated rings. The van der Waals surface area contributed by atoms with Gasteiger partial charge in [-0.3, -0.25) is 19.1 Å². The van der Waals surface area contributed by atoms with Gasteiger partial charge in [-0.05, 0) is 61.9 Å². The Kier molecular flexibility index (Phi) is 8.47. The molecule has 1 aliphatic heterocycles. The standard InChI is InChI=1S/C33H35FN6O3/c1-19-13-30(33(43)37-17-28(34)20(2)24-9-7-6-8-10-24)40(21(19)3)31(42)18-39-29-12-11-25(26-15-35-23(5)36-16-26)14-27(29)32(38-39)22(4)41/h6-12,14-16,19,21,30H,13,17-18H2,1-5H3,(H,37,43)/b28-20+/t19-,21+,30-/m0/s1. The van der Waals surface area contributed by atoms with Crippen molar-refractivity contribution in [3.63, 3.8) is 0 Å². The van der Waals surface area contributed by atoms with Gasteiger partial charge >= 0.3 is 0 Å². The minimum absolute atomic E-state index is 0.0626. The zero-order chi connectivity index (χ0) is 30.8. The van der Waals surface area contributed by atoms with Crippen LogP contribution in [0.15, 0.2) is 66.8 Å². The summed E-state index contributed by atoms with van der Waals surface area (Å²) in [5.41, 5.74) is 3.69. The van der Waals surface area contributed by atoms with Crippen molar-refractivity contribution in [2.75, 3.05) is 6.54 Å². The maximum absolute atomic E-state index is 14.9. The molecule has 0 bridgehead atoms. The molecule has 2 aromatic carbocycles. The zero-order valence-electron chi connectivity index (χ0n) is 25.0. The van der Waals surface area contributed by atoms with Gasteiger partial charge in [0, 0.05) is 36.3 Å². The first-order valence-electron chi connectivity index (χ1n) is 14.3. The number of hydrogen-bond donors (Lipinski definition) is 1. The number of rotatable bonds is 8. The largest absolute Gasteiger partial charge is 0.348 e. The van der Waals surface area contributed by atoms with Gasteiger partial charge in [0.15, 0.2) is 5.78 Å². The van der Waals surface area contributed by atoms with E-state index >= 15 is 0 Å². The highest BCUT2D eigenvalue weighted by Crippen LogP contribution is 2.31. The Hall–Kier alpha value is -4.73. The van der Waals surface area contributed by atoms with Crippen molar-refractivity contribution in [1.82, 2.24) is 30.0 Å². The minimum Gasteiger partial charge on any atom is -0.348 e. The Morgan fingerprint density at radius 2 is 1.70 bits per heavy atom. The Bertz CT molecular complexity index is 1710. The predicted molar refractivity (Wildman–Crippen MR) is 163 cm³/mol. The van der Waals surface area contributed by atoms with Crippen LogP contribution in [0.2, 0.25) is 0 Å². The van der Waals surface area contributed by atoms with Gasteiger partial charge in [0.2, 0.25) is 11.8 Å². The van der Waals surface area contributed by atoms with E-state index in [-0.39, 0.29) is 42.4 Å². The Balaban J connectivity index is 1.37. The van der Waals surface area contributed by atoms with Gasteiger partial charge in [-0.2, -0.15) is 5.10 Å². The van der Waals surface area contributed by atoms with Crippen molar-refractivity contribution in [2.45, 2.75) is 59.7 Å². The number of nitrogens with zero attached hydrogens (tertiary/aromatic N) is 5. The summed E-state index contributed by atoms with van der Waals surface area (Å²) in [6.45, 7) is 8.40. The number of likely N-dealkylation sites (tertiary alicyclic amines) is 1. The number of amides is 2. The van der Waals surface area contributed by atoms with Gasteiger partial charge in [-0.15, -0.1) is 0 Å². The summed E-state index contributed by atoms with van der Waals surface area (Å²) in [6.07, 6.45) is 3.90. The molecule has 2 amide bonds. The average molecular weight is 583 g/mol. The molecular weight excluding hydrogens is 547 g/mol. The molecule has 5 rings (SSSR count). The second-order valence-corrected chi connectivity index (χ2v) is 11.2. The maximum Gasteiger partial charge on any atom is 0.245 e. The SMILES string of the molecule is CC(=O)c1nn(CC(=O)N2[C@H](C)[C@@H](C)C[C@H]2C(=O)NC/C(F)=C(/C)c2ccccc2)c2ccc(-c3cnc(C)nc3)cc12. The lowest BCUT2D eigenvalue weighted by Crippen LogP contribution is -2.49. The number of nitrogens with one attached hydrogen (secondary N) is 1. The molecule has 2 aromatic heterocycles. The summed E-state index contributed by atoms with van der Waals surface area (Å²) in [4.78, 5) is 49.7. The Labute approximate surface area is 249 Å². The van der Waals surface area contributed by atoms with Crippen LogP contribution in [0.25, 0.3) is 27.6 Å². The Morgan fingerprint density at radius 3 is 2.37 bits per heavy atom. The molecule has 0 spiro atoms. The molecule has 0 saturated carbocycles. The number of carbonyl (C=O) groups is 3. The molecule has 0 aliphatic carbocycles. The summed E-state index contributed by atoms with van der Waals surface area (Å²) < 4.78 is 16.4. The van der Waals surface area contributed by atoms with Crippen LogP contribution < -0.4 is 5.32 Å². The number of halogens is 1. The normalized spacial score (nSPS) is 18.9. The topological polar surface area (TPSA) is 110 Å². The number of benzene rings is 2. The van der Waals surface area contributed by atoms with Gasteiger partial charge in [-0.1, -0.05) is 43.3 Å². The van der Waals surface area contributed by atoms with E-state index in [1.807, 2.05) is 62.4 Å². The highest BCUT2D eigenvalue weighted by Gasteiger charge is 2.43. The van der Waals surface area contributed by atoms with E-state index in [1.54, 1.807) is 31.1 Å². The maximum atomic E-state index is 14.9. The summed E-state index contributed by atoms with van der Waals surface area (Å²) >= 11 is 0. The molecule has 43 heavy (non-hydrogen) atoms. The highest BCUT2D eigenvalue weighted by atomic mass is 19.1. The van der Waals surface area contributed by atoms with Crippen LogP contribution in [0.4, 0.5) is 4.39 Å². The second-order valence-electron chi connectivity index (χ2n) is 11.2. The van der Waals surface area contributed by atoms with Gasteiger partial charge in [0.25, 0.3) is 0 Å². The first-order valence-corrected chi connectivity index (χ1v) is 14.3. The van der Waals surface area contributed by atoms with Crippen molar-refractivity contribution in [3.8, 4) is 11.1 Å². The number of Topliss-reactive ketones (excluding diaryl/α,β-unsaturated/α-hetero) is 1. The predicted octanol–water partition coefficient (Wildman–Crippen LogP) is 5.15. The van der Waals surface area contributed by atoms with E-state index in [2.05, 4.69) is 20.4 Å². The van der Waals surface area contributed by atoms with E-state index in [0.717, 1.165) is 16.7 Å². The quantitative estimate of drug-likeness (QED) is 0.288. The van der Waals surface area contributed by atoms with Gasteiger partial charge < -0.3 is 10.2 Å². The summed E-state index contributed by atoms with van der Waals surface area (Å²) in [7, 11) is 0. The fourth-order valence-electron chi connectivity index (χ4n) is 5.61. The van der Waals surface area contributed by atoms with E-state index in [9.17, 15) is 18.8 Å². The summed E-state index contributed by atoms with van der Waals surface area (Å²) in [6, 6.07) is 13.7. The van der Waals surface area contributed by atoms with Crippen LogP contribution in [-0.4, -0.2) is 60.9 Å². The third-order valence-electron chi connectivity index (χ3n) is 8.30. The third-order valence-corrected chi connectivity index (χ3v) is 8.30. The highest BCUT2D eigenvalue weighted by molar-refractivity contribution is 6.06. The van der Waals surface area contributed by atoms with Crippen molar-refractivity contribution in [3.05, 3.63) is 83.8 Å². The van der Waals surface area contributed by atoms with Gasteiger partial charge in [-0.25, -0.2) is 14.4 Å². The van der Waals surface area contributed by atoms with Crippen LogP contribution in [-0.2, 0) is 16.1 Å². The van der Waals surface area contributed by atoms with Crippen LogP contribution in [0.3, 0.4) is 0 Å². The van der Waals surface area contributed by atoms with Crippen LogP contribution >= 0.6 is 0 Å². The van der Waals surface area contributed by atoms with Crippen LogP contribution in [0.1, 0.15) is 56.0 Å². The summed E-state index contributed by atoms with van der Waals surface area (Å²) in [5.74, 6) is -0.651. The fourth-order valence-corrected chi connectivity index (χ4v) is 5.61. The number of allylic oxidation sites excluding steroid dienone is 1. The van der Waals surface area contributed by atoms with Crippen LogP contribution in [0, 0.1) is 12.8 Å². The first-order chi connectivity index (χ1) is 20.5. The lowest BCUT2D eigenvalue weighted by molar-refractivity contribution is -0.140. The summed E-state index contributed by atoms with van der Waals surface area (Å²) in [5, 5.41) is 7.82. The molecule has 1 aliphatic rings. The van der Waals surface area contributed by atoms with E-state index in [0.29, 0.717) is 28.7 Å². The van der Waals surface area contributed by atoms with Crippen LogP contribution in [0.5, 0.6) is 0 Å². The first kappa shape index (κ1) is 29.8. The number of hydrogen-bond acceptors (Lipinski definition) is 6. The molecule has 3 heterocycles. The number of aryl methyl sites for hydroxylation is 1. The smallest absolute Gasteiger partial charge is 0.245 e. The van der Waals surface area contributed by atoms with Crippen molar-refractivity contribution < 1.29 is 18.8 Å². The molecule has 1 saturated heterocycles. The number of fused-ring (bicyclic) bond motifs is 1. The minimum atomic E-state index is -0.746. The third kappa shape index (κ3) is 6.09.